The number of hydrogen-bond donors (Lipinski definition) is 3. The van der Waals surface area contributed by atoms with E-state index < -0.39 is 30.8 Å². The highest BCUT2D eigenvalue weighted by Gasteiger charge is 2.37. The van der Waals surface area contributed by atoms with Crippen LogP contribution in [0.15, 0.2) is 0 Å². The largest absolute Gasteiger partial charge is 0.480 e. The zero-order valence-corrected chi connectivity index (χ0v) is 8.17. The third-order valence-corrected chi connectivity index (χ3v) is 2.10. The molecule has 0 aromatic heterocycles. The van der Waals surface area contributed by atoms with Gasteiger partial charge in [0.15, 0.2) is 0 Å². The summed E-state index contributed by atoms with van der Waals surface area (Å²) in [7, 11) is 0. The molecule has 1 atom stereocenters. The summed E-state index contributed by atoms with van der Waals surface area (Å²) in [6.45, 7) is -1.48. The van der Waals surface area contributed by atoms with Crippen molar-refractivity contribution < 1.29 is 27.9 Å². The summed E-state index contributed by atoms with van der Waals surface area (Å²) in [6, 6.07) is -2.22. The van der Waals surface area contributed by atoms with Crippen LogP contribution in [0.25, 0.3) is 0 Å². The minimum atomic E-state index is -4.50. The molecule has 0 aromatic carbocycles. The number of aliphatic carboxylic acids is 1. The van der Waals surface area contributed by atoms with Gasteiger partial charge in [0.1, 0.15) is 12.6 Å². The minimum absolute atomic E-state index is 0.172. The van der Waals surface area contributed by atoms with Crippen LogP contribution < -0.4 is 10.6 Å². The minimum Gasteiger partial charge on any atom is -0.480 e. The first-order chi connectivity index (χ1) is 7.29. The van der Waals surface area contributed by atoms with Crippen molar-refractivity contribution in [3.05, 3.63) is 0 Å². The molecule has 92 valence electrons. The zero-order chi connectivity index (χ0) is 12.3. The highest BCUT2D eigenvalue weighted by Crippen LogP contribution is 2.32. The Kier molecular flexibility index (Phi) is 3.61. The van der Waals surface area contributed by atoms with E-state index in [1.54, 1.807) is 5.32 Å². The Morgan fingerprint density at radius 2 is 1.94 bits per heavy atom. The Balaban J connectivity index is 2.34. The molecule has 0 aliphatic heterocycles. The van der Waals surface area contributed by atoms with Crippen molar-refractivity contribution in [1.29, 1.82) is 0 Å². The first kappa shape index (κ1) is 12.6. The molecule has 0 spiro atoms. The van der Waals surface area contributed by atoms with Gasteiger partial charge in [-0.2, -0.15) is 13.2 Å². The second-order valence-electron chi connectivity index (χ2n) is 3.60. The van der Waals surface area contributed by atoms with Gasteiger partial charge in [0, 0.05) is 0 Å². The monoisotopic (exact) mass is 240 g/mol. The maximum Gasteiger partial charge on any atom is 0.405 e. The van der Waals surface area contributed by atoms with E-state index in [4.69, 9.17) is 5.11 Å². The number of hydrogen-bond acceptors (Lipinski definition) is 2. The molecule has 2 amide bonds. The van der Waals surface area contributed by atoms with E-state index in [-0.39, 0.29) is 5.92 Å². The second-order valence-corrected chi connectivity index (χ2v) is 3.60. The smallest absolute Gasteiger partial charge is 0.405 e. The molecule has 0 aromatic rings. The molecule has 1 aliphatic carbocycles. The van der Waals surface area contributed by atoms with Crippen molar-refractivity contribution in [3.8, 4) is 0 Å². The summed E-state index contributed by atoms with van der Waals surface area (Å²) in [5.74, 6) is -1.40. The van der Waals surface area contributed by atoms with Crippen LogP contribution in [-0.4, -0.2) is 35.9 Å². The fourth-order valence-electron chi connectivity index (χ4n) is 1.18. The van der Waals surface area contributed by atoms with Gasteiger partial charge in [-0.05, 0) is 18.8 Å². The van der Waals surface area contributed by atoms with Crippen LogP contribution in [-0.2, 0) is 4.79 Å². The maximum atomic E-state index is 11.7. The van der Waals surface area contributed by atoms with Crippen molar-refractivity contribution >= 4 is 12.0 Å². The first-order valence-corrected chi connectivity index (χ1v) is 4.63. The molecule has 1 fully saturated rings. The van der Waals surface area contributed by atoms with Gasteiger partial charge < -0.3 is 15.7 Å². The van der Waals surface area contributed by atoms with Crippen LogP contribution in [0.3, 0.4) is 0 Å². The average molecular weight is 240 g/mol. The van der Waals surface area contributed by atoms with Gasteiger partial charge >= 0.3 is 18.2 Å². The van der Waals surface area contributed by atoms with Crippen LogP contribution in [0.4, 0.5) is 18.0 Å². The van der Waals surface area contributed by atoms with E-state index in [0.29, 0.717) is 12.8 Å². The Labute approximate surface area is 89.0 Å². The fourth-order valence-corrected chi connectivity index (χ4v) is 1.18. The van der Waals surface area contributed by atoms with Gasteiger partial charge in [-0.1, -0.05) is 0 Å². The Bertz CT molecular complexity index is 289. The molecule has 3 N–H and O–H groups in total. The van der Waals surface area contributed by atoms with Gasteiger partial charge in [0.2, 0.25) is 0 Å². The van der Waals surface area contributed by atoms with Crippen LogP contribution >= 0.6 is 0 Å². The number of carbonyl (C=O) groups excluding carboxylic acids is 1. The lowest BCUT2D eigenvalue weighted by molar-refractivity contribution is -0.139. The SMILES string of the molecule is O=C(NCC(F)(F)F)NC(C(=O)O)C1CC1. The molecule has 1 saturated carbocycles. The van der Waals surface area contributed by atoms with Gasteiger partial charge in [0.25, 0.3) is 0 Å². The van der Waals surface area contributed by atoms with Gasteiger partial charge in [-0.3, -0.25) is 0 Å². The summed E-state index contributed by atoms with van der Waals surface area (Å²) in [6.07, 6.45) is -3.18. The number of carboxylic acids is 1. The van der Waals surface area contributed by atoms with Crippen LogP contribution in [0.2, 0.25) is 0 Å². The van der Waals surface area contributed by atoms with E-state index in [0.717, 1.165) is 0 Å². The Hall–Kier alpha value is -1.47. The molecule has 16 heavy (non-hydrogen) atoms. The average Bonchev–Trinajstić information content (AvgIpc) is 2.92. The van der Waals surface area contributed by atoms with E-state index in [9.17, 15) is 22.8 Å². The summed E-state index contributed by atoms with van der Waals surface area (Å²) in [4.78, 5) is 21.6. The summed E-state index contributed by atoms with van der Waals surface area (Å²) in [5, 5.41) is 12.2. The van der Waals surface area contributed by atoms with Gasteiger partial charge in [-0.15, -0.1) is 0 Å². The number of urea groups is 1. The van der Waals surface area contributed by atoms with Crippen molar-refractivity contribution in [2.75, 3.05) is 6.54 Å². The number of alkyl halides is 3. The fraction of sp³-hybridized carbons (Fsp3) is 0.750. The summed E-state index contributed by atoms with van der Waals surface area (Å²) in [5.41, 5.74) is 0. The molecule has 5 nitrogen and oxygen atoms in total. The standard InChI is InChI=1S/C8H11F3N2O3/c9-8(10,11)3-12-7(16)13-5(6(14)15)4-1-2-4/h4-5H,1-3H2,(H,14,15)(H2,12,13,16). The predicted octanol–water partition coefficient (Wildman–Crippen LogP) is 0.711. The van der Waals surface area contributed by atoms with Crippen molar-refractivity contribution in [2.24, 2.45) is 5.92 Å². The number of amides is 2. The quantitative estimate of drug-likeness (QED) is 0.677. The number of carboxylic acid groups (broad SMARTS) is 1. The highest BCUT2D eigenvalue weighted by atomic mass is 19.4. The third-order valence-electron chi connectivity index (χ3n) is 2.10. The van der Waals surface area contributed by atoms with E-state index in [1.165, 1.54) is 0 Å². The highest BCUT2D eigenvalue weighted by molar-refractivity contribution is 5.83. The lowest BCUT2D eigenvalue weighted by Gasteiger charge is -2.14. The molecule has 0 saturated heterocycles. The topological polar surface area (TPSA) is 78.4 Å². The van der Waals surface area contributed by atoms with Crippen LogP contribution in [0.5, 0.6) is 0 Å². The molecular formula is C8H11F3N2O3. The number of nitrogens with one attached hydrogen (secondary N) is 2. The van der Waals surface area contributed by atoms with Gasteiger partial charge in [0.05, 0.1) is 0 Å². The normalized spacial score (nSPS) is 17.7. The Morgan fingerprint density at radius 3 is 2.31 bits per heavy atom. The summed E-state index contributed by atoms with van der Waals surface area (Å²) < 4.78 is 35.2. The van der Waals surface area contributed by atoms with Gasteiger partial charge in [-0.25, -0.2) is 9.59 Å². The van der Waals surface area contributed by atoms with E-state index in [1.807, 2.05) is 5.32 Å². The molecule has 0 radical (unpaired) electrons. The van der Waals surface area contributed by atoms with E-state index in [2.05, 4.69) is 0 Å². The first-order valence-electron chi connectivity index (χ1n) is 4.63. The number of rotatable bonds is 4. The van der Waals surface area contributed by atoms with E-state index >= 15 is 0 Å². The van der Waals surface area contributed by atoms with Crippen molar-refractivity contribution in [1.82, 2.24) is 10.6 Å². The van der Waals surface area contributed by atoms with Crippen molar-refractivity contribution in [3.63, 3.8) is 0 Å². The molecule has 0 heterocycles. The molecular weight excluding hydrogens is 229 g/mol. The van der Waals surface area contributed by atoms with Crippen LogP contribution in [0, 0.1) is 5.92 Å². The molecule has 0 bridgehead atoms. The lowest BCUT2D eigenvalue weighted by atomic mass is 10.2. The number of carbonyl (C=O) groups is 2. The summed E-state index contributed by atoms with van der Waals surface area (Å²) >= 11 is 0. The Morgan fingerprint density at radius 1 is 1.38 bits per heavy atom. The second kappa shape index (κ2) is 4.58. The van der Waals surface area contributed by atoms with Crippen molar-refractivity contribution in [2.45, 2.75) is 25.1 Å². The van der Waals surface area contributed by atoms with Crippen LogP contribution in [0.1, 0.15) is 12.8 Å². The maximum absolute atomic E-state index is 11.7. The zero-order valence-electron chi connectivity index (χ0n) is 8.17. The molecule has 1 aliphatic rings. The predicted molar refractivity (Wildman–Crippen MR) is 46.7 cm³/mol. The molecule has 1 rings (SSSR count). The third kappa shape index (κ3) is 4.37. The molecule has 1 unspecified atom stereocenters. The number of halogens is 3. The molecule has 8 heteroatoms. The lowest BCUT2D eigenvalue weighted by Crippen LogP contribution is -2.49.